The highest BCUT2D eigenvalue weighted by atomic mass is 16.3. The van der Waals surface area contributed by atoms with Crippen molar-refractivity contribution >= 4 is 22.6 Å². The van der Waals surface area contributed by atoms with Crippen molar-refractivity contribution < 1.29 is 9.21 Å². The molecule has 4 rings (SSSR count). The Morgan fingerprint density at radius 1 is 1.30 bits per heavy atom. The van der Waals surface area contributed by atoms with Gasteiger partial charge in [0.25, 0.3) is 0 Å². The molecule has 2 N–H and O–H groups in total. The molecule has 0 saturated carbocycles. The normalized spacial score (nSPS) is 11.2. The molecule has 0 spiro atoms. The zero-order valence-corrected chi connectivity index (χ0v) is 15.5. The number of H-pyrrole nitrogens is 1. The summed E-state index contributed by atoms with van der Waals surface area (Å²) in [5.74, 6) is 1.32. The SMILES string of the molecule is Cc1nn(C)c(C)c1CCC(=O)Nc1ccc2nc(-c3ccco3)[nH]c2c1. The number of anilines is 1. The largest absolute Gasteiger partial charge is 0.461 e. The second-order valence-corrected chi connectivity index (χ2v) is 6.62. The minimum absolute atomic E-state index is 0.0252. The van der Waals surface area contributed by atoms with Gasteiger partial charge in [0.05, 0.1) is 23.0 Å². The van der Waals surface area contributed by atoms with Crippen LogP contribution in [0.5, 0.6) is 0 Å². The number of furan rings is 1. The first-order valence-electron chi connectivity index (χ1n) is 8.84. The molecule has 7 heteroatoms. The van der Waals surface area contributed by atoms with Gasteiger partial charge < -0.3 is 14.7 Å². The van der Waals surface area contributed by atoms with E-state index < -0.39 is 0 Å². The molecule has 1 amide bonds. The topological polar surface area (TPSA) is 88.7 Å². The number of nitrogens with zero attached hydrogens (tertiary/aromatic N) is 3. The van der Waals surface area contributed by atoms with E-state index in [9.17, 15) is 4.79 Å². The van der Waals surface area contributed by atoms with Crippen LogP contribution in [0.4, 0.5) is 5.69 Å². The molecule has 4 aromatic rings. The van der Waals surface area contributed by atoms with Gasteiger partial charge in [0.15, 0.2) is 11.6 Å². The first-order valence-corrected chi connectivity index (χ1v) is 8.84. The number of fused-ring (bicyclic) bond motifs is 1. The van der Waals surface area contributed by atoms with E-state index in [0.29, 0.717) is 24.4 Å². The Hall–Kier alpha value is -3.35. The number of rotatable bonds is 5. The Bertz CT molecular complexity index is 1110. The van der Waals surface area contributed by atoms with Crippen molar-refractivity contribution in [3.8, 4) is 11.6 Å². The van der Waals surface area contributed by atoms with Crippen LogP contribution in [0.15, 0.2) is 41.0 Å². The molecule has 0 saturated heterocycles. The summed E-state index contributed by atoms with van der Waals surface area (Å²) in [6.07, 6.45) is 2.69. The minimum Gasteiger partial charge on any atom is -0.461 e. The lowest BCUT2D eigenvalue weighted by molar-refractivity contribution is -0.116. The van der Waals surface area contributed by atoms with Gasteiger partial charge in [-0.1, -0.05) is 0 Å². The summed E-state index contributed by atoms with van der Waals surface area (Å²) in [4.78, 5) is 20.1. The zero-order chi connectivity index (χ0) is 19.0. The molecule has 7 nitrogen and oxygen atoms in total. The molecule has 0 atom stereocenters. The van der Waals surface area contributed by atoms with E-state index in [4.69, 9.17) is 4.42 Å². The van der Waals surface area contributed by atoms with Crippen LogP contribution in [-0.4, -0.2) is 25.7 Å². The van der Waals surface area contributed by atoms with Crippen molar-refractivity contribution in [1.82, 2.24) is 19.7 Å². The second-order valence-electron chi connectivity index (χ2n) is 6.62. The number of nitrogens with one attached hydrogen (secondary N) is 2. The number of aromatic nitrogens is 4. The van der Waals surface area contributed by atoms with Gasteiger partial charge in [-0.3, -0.25) is 9.48 Å². The lowest BCUT2D eigenvalue weighted by Crippen LogP contribution is -2.12. The molecule has 0 bridgehead atoms. The van der Waals surface area contributed by atoms with E-state index in [-0.39, 0.29) is 5.91 Å². The number of amides is 1. The van der Waals surface area contributed by atoms with Crippen LogP contribution in [0.25, 0.3) is 22.6 Å². The van der Waals surface area contributed by atoms with Crippen LogP contribution in [0.1, 0.15) is 23.4 Å². The smallest absolute Gasteiger partial charge is 0.224 e. The first kappa shape index (κ1) is 17.1. The molecular weight excluding hydrogens is 342 g/mol. The molecular formula is C20H21N5O2. The van der Waals surface area contributed by atoms with Crippen LogP contribution in [0.2, 0.25) is 0 Å². The monoisotopic (exact) mass is 363 g/mol. The van der Waals surface area contributed by atoms with Gasteiger partial charge >= 0.3 is 0 Å². The fourth-order valence-electron chi connectivity index (χ4n) is 3.26. The molecule has 0 aliphatic heterocycles. The second kappa shape index (κ2) is 6.75. The fraction of sp³-hybridized carbons (Fsp3) is 0.250. The van der Waals surface area contributed by atoms with Crippen LogP contribution < -0.4 is 5.32 Å². The zero-order valence-electron chi connectivity index (χ0n) is 15.5. The standard InChI is InChI=1S/C20H21N5O2/c1-12-15(13(2)25(3)24-12)7-9-19(26)21-14-6-8-16-17(11-14)23-20(22-16)18-5-4-10-27-18/h4-6,8,10-11H,7,9H2,1-3H3,(H,21,26)(H,22,23). The average molecular weight is 363 g/mol. The highest BCUT2D eigenvalue weighted by Crippen LogP contribution is 2.23. The van der Waals surface area contributed by atoms with Crippen molar-refractivity contribution in [3.63, 3.8) is 0 Å². The average Bonchev–Trinajstić information content (AvgIpc) is 3.34. The lowest BCUT2D eigenvalue weighted by atomic mass is 10.1. The molecule has 0 aliphatic rings. The Morgan fingerprint density at radius 3 is 2.85 bits per heavy atom. The Labute approximate surface area is 156 Å². The highest BCUT2D eigenvalue weighted by molar-refractivity contribution is 5.93. The van der Waals surface area contributed by atoms with Crippen molar-refractivity contribution in [2.24, 2.45) is 7.05 Å². The molecule has 1 aromatic carbocycles. The van der Waals surface area contributed by atoms with E-state index in [1.54, 1.807) is 6.26 Å². The summed E-state index contributed by atoms with van der Waals surface area (Å²) >= 11 is 0. The third-order valence-corrected chi connectivity index (χ3v) is 4.78. The minimum atomic E-state index is -0.0252. The van der Waals surface area contributed by atoms with Gasteiger partial charge in [0, 0.05) is 24.8 Å². The summed E-state index contributed by atoms with van der Waals surface area (Å²) in [7, 11) is 1.92. The summed E-state index contributed by atoms with van der Waals surface area (Å²) in [6.45, 7) is 4.00. The van der Waals surface area contributed by atoms with Crippen molar-refractivity contribution in [2.45, 2.75) is 26.7 Å². The maximum Gasteiger partial charge on any atom is 0.224 e. The Kier molecular flexibility index (Phi) is 4.27. The molecule has 3 heterocycles. The Balaban J connectivity index is 1.45. The fourth-order valence-corrected chi connectivity index (χ4v) is 3.26. The predicted octanol–water partition coefficient (Wildman–Crippen LogP) is 3.74. The highest BCUT2D eigenvalue weighted by Gasteiger charge is 2.12. The molecule has 3 aromatic heterocycles. The van der Waals surface area contributed by atoms with E-state index >= 15 is 0 Å². The van der Waals surface area contributed by atoms with Crippen molar-refractivity contribution in [1.29, 1.82) is 0 Å². The summed E-state index contributed by atoms with van der Waals surface area (Å²) < 4.78 is 7.22. The van der Waals surface area contributed by atoms with Crippen LogP contribution in [0.3, 0.4) is 0 Å². The van der Waals surface area contributed by atoms with E-state index in [1.165, 1.54) is 0 Å². The number of hydrogen-bond donors (Lipinski definition) is 2. The van der Waals surface area contributed by atoms with Gasteiger partial charge in [-0.15, -0.1) is 0 Å². The van der Waals surface area contributed by atoms with Gasteiger partial charge in [-0.25, -0.2) is 4.98 Å². The number of benzene rings is 1. The van der Waals surface area contributed by atoms with Crippen LogP contribution in [-0.2, 0) is 18.3 Å². The summed E-state index contributed by atoms with van der Waals surface area (Å²) in [5.41, 5.74) is 5.62. The van der Waals surface area contributed by atoms with Crippen molar-refractivity contribution in [2.75, 3.05) is 5.32 Å². The molecule has 0 fully saturated rings. The lowest BCUT2D eigenvalue weighted by Gasteiger charge is -2.06. The third kappa shape index (κ3) is 3.36. The number of carbonyl (C=O) groups is 1. The number of hydrogen-bond acceptors (Lipinski definition) is 4. The van der Waals surface area contributed by atoms with Crippen molar-refractivity contribution in [3.05, 3.63) is 53.5 Å². The van der Waals surface area contributed by atoms with Gasteiger partial charge in [0.1, 0.15) is 0 Å². The Morgan fingerprint density at radius 2 is 2.15 bits per heavy atom. The van der Waals surface area contributed by atoms with E-state index in [2.05, 4.69) is 20.4 Å². The summed E-state index contributed by atoms with van der Waals surface area (Å²) in [5, 5.41) is 7.35. The first-order chi connectivity index (χ1) is 13.0. The summed E-state index contributed by atoms with van der Waals surface area (Å²) in [6, 6.07) is 9.28. The van der Waals surface area contributed by atoms with E-state index in [1.807, 2.05) is 55.9 Å². The van der Waals surface area contributed by atoms with Gasteiger partial charge in [-0.05, 0) is 56.2 Å². The molecule has 27 heavy (non-hydrogen) atoms. The molecule has 0 aliphatic carbocycles. The van der Waals surface area contributed by atoms with Gasteiger partial charge in [0.2, 0.25) is 5.91 Å². The quantitative estimate of drug-likeness (QED) is 0.565. The number of carbonyl (C=O) groups excluding carboxylic acids is 1. The molecule has 0 radical (unpaired) electrons. The maximum atomic E-state index is 12.4. The van der Waals surface area contributed by atoms with E-state index in [0.717, 1.165) is 33.7 Å². The number of imidazole rings is 1. The van der Waals surface area contributed by atoms with Gasteiger partial charge in [-0.2, -0.15) is 5.10 Å². The maximum absolute atomic E-state index is 12.4. The third-order valence-electron chi connectivity index (χ3n) is 4.78. The number of aryl methyl sites for hydroxylation is 2. The predicted molar refractivity (Wildman–Crippen MR) is 103 cm³/mol. The molecule has 138 valence electrons. The number of aromatic amines is 1. The van der Waals surface area contributed by atoms with Crippen LogP contribution >= 0.6 is 0 Å². The molecule has 0 unspecified atom stereocenters. The van der Waals surface area contributed by atoms with Crippen LogP contribution in [0, 0.1) is 13.8 Å².